The molecule has 2 heterocycles. The van der Waals surface area contributed by atoms with Crippen molar-refractivity contribution in [1.82, 2.24) is 4.31 Å². The van der Waals surface area contributed by atoms with Crippen molar-refractivity contribution in [2.45, 2.75) is 57.4 Å². The number of hydrogen-bond acceptors (Lipinski definition) is 5. The molecule has 3 rings (SSSR count). The molecule has 8 heteroatoms. The van der Waals surface area contributed by atoms with Crippen molar-refractivity contribution in [3.05, 3.63) is 45.8 Å². The lowest BCUT2D eigenvalue weighted by atomic mass is 10.0. The molecule has 1 aromatic carbocycles. The maximum atomic E-state index is 13.0. The monoisotopic (exact) mass is 431 g/mol. The van der Waals surface area contributed by atoms with Gasteiger partial charge in [-0.05, 0) is 62.9 Å². The number of sulfonamides is 1. The highest BCUT2D eigenvalue weighted by Crippen LogP contribution is 2.32. The summed E-state index contributed by atoms with van der Waals surface area (Å²) in [7, 11) is -3.58. The smallest absolute Gasteiger partial charge is 0.256 e. The second kappa shape index (κ2) is 8.66. The molecular weight excluding hydrogens is 406 g/mol. The third kappa shape index (κ3) is 4.22. The number of nitrogens with one attached hydrogen (secondary N) is 1. The van der Waals surface area contributed by atoms with Gasteiger partial charge >= 0.3 is 0 Å². The molecule has 0 radical (unpaired) electrons. The van der Waals surface area contributed by atoms with Gasteiger partial charge in [0.15, 0.2) is 0 Å². The Morgan fingerprint density at radius 3 is 2.59 bits per heavy atom. The zero-order valence-electron chi connectivity index (χ0n) is 16.9. The molecule has 1 atom stereocenters. The first-order valence-electron chi connectivity index (χ1n) is 9.73. The van der Waals surface area contributed by atoms with Gasteiger partial charge in [-0.1, -0.05) is 13.3 Å². The zero-order valence-corrected chi connectivity index (χ0v) is 18.5. The predicted molar refractivity (Wildman–Crippen MR) is 115 cm³/mol. The summed E-state index contributed by atoms with van der Waals surface area (Å²) in [6.45, 7) is 6.30. The fraction of sp³-hybridized carbons (Fsp3) is 0.429. The molecule has 1 aliphatic heterocycles. The van der Waals surface area contributed by atoms with E-state index < -0.39 is 10.0 Å². The van der Waals surface area contributed by atoms with Gasteiger partial charge in [0.1, 0.15) is 11.1 Å². The SMILES string of the molecule is CCC1CCCCN1S(=O)(=O)c1ccc(C(=O)Nc2sc(C)c(C)c2C#N)cc1. The van der Waals surface area contributed by atoms with Gasteiger partial charge < -0.3 is 5.32 Å². The summed E-state index contributed by atoms with van der Waals surface area (Å²) in [5.41, 5.74) is 1.68. The Kier molecular flexibility index (Phi) is 6.42. The van der Waals surface area contributed by atoms with Gasteiger partial charge in [0, 0.05) is 23.0 Å². The van der Waals surface area contributed by atoms with E-state index in [2.05, 4.69) is 11.4 Å². The van der Waals surface area contributed by atoms with E-state index in [1.165, 1.54) is 35.6 Å². The minimum absolute atomic E-state index is 0.0337. The third-order valence-corrected chi connectivity index (χ3v) is 8.58. The molecule has 1 amide bonds. The highest BCUT2D eigenvalue weighted by atomic mass is 32.2. The molecule has 29 heavy (non-hydrogen) atoms. The lowest BCUT2D eigenvalue weighted by Crippen LogP contribution is -2.43. The van der Waals surface area contributed by atoms with Gasteiger partial charge in [0.2, 0.25) is 10.0 Å². The number of nitriles is 1. The molecule has 2 aromatic rings. The van der Waals surface area contributed by atoms with Crippen LogP contribution in [0, 0.1) is 25.2 Å². The Labute approximate surface area is 176 Å². The summed E-state index contributed by atoms with van der Waals surface area (Å²) in [4.78, 5) is 13.8. The number of anilines is 1. The van der Waals surface area contributed by atoms with E-state index in [-0.39, 0.29) is 16.8 Å². The van der Waals surface area contributed by atoms with Crippen LogP contribution in [0.3, 0.4) is 0 Å². The minimum atomic E-state index is -3.58. The third-order valence-electron chi connectivity index (χ3n) is 5.49. The van der Waals surface area contributed by atoms with Crippen LogP contribution in [0.4, 0.5) is 5.00 Å². The average molecular weight is 432 g/mol. The van der Waals surface area contributed by atoms with E-state index >= 15 is 0 Å². The van der Waals surface area contributed by atoms with E-state index in [1.807, 2.05) is 20.8 Å². The average Bonchev–Trinajstić information content (AvgIpc) is 3.00. The number of piperidine rings is 1. The highest BCUT2D eigenvalue weighted by Gasteiger charge is 2.32. The van der Waals surface area contributed by atoms with Crippen LogP contribution in [0.15, 0.2) is 29.2 Å². The number of carbonyl (C=O) groups excluding carboxylic acids is 1. The Balaban J connectivity index is 1.80. The maximum absolute atomic E-state index is 13.0. The summed E-state index contributed by atoms with van der Waals surface area (Å²) >= 11 is 1.36. The fourth-order valence-electron chi connectivity index (χ4n) is 3.64. The molecule has 1 unspecified atom stereocenters. The quantitative estimate of drug-likeness (QED) is 0.758. The molecule has 0 spiro atoms. The Morgan fingerprint density at radius 1 is 1.28 bits per heavy atom. The molecule has 1 saturated heterocycles. The van der Waals surface area contributed by atoms with Crippen molar-refractivity contribution in [3.63, 3.8) is 0 Å². The molecule has 154 valence electrons. The lowest BCUT2D eigenvalue weighted by Gasteiger charge is -2.34. The van der Waals surface area contributed by atoms with Crippen LogP contribution < -0.4 is 5.32 Å². The van der Waals surface area contributed by atoms with Crippen LogP contribution in [0.25, 0.3) is 0 Å². The van der Waals surface area contributed by atoms with Crippen LogP contribution in [0.1, 0.15) is 59.0 Å². The maximum Gasteiger partial charge on any atom is 0.256 e. The fourth-order valence-corrected chi connectivity index (χ4v) is 6.41. The summed E-state index contributed by atoms with van der Waals surface area (Å²) in [5, 5.41) is 12.6. The van der Waals surface area contributed by atoms with Gasteiger partial charge in [-0.2, -0.15) is 9.57 Å². The summed E-state index contributed by atoms with van der Waals surface area (Å²) in [6, 6.07) is 8.18. The minimum Gasteiger partial charge on any atom is -0.312 e. The molecule has 0 aliphatic carbocycles. The van der Waals surface area contributed by atoms with Gasteiger partial charge in [-0.15, -0.1) is 11.3 Å². The zero-order chi connectivity index (χ0) is 21.2. The predicted octanol–water partition coefficient (Wildman–Crippen LogP) is 4.44. The Bertz CT molecular complexity index is 1050. The number of nitrogens with zero attached hydrogens (tertiary/aromatic N) is 2. The van der Waals surface area contributed by atoms with E-state index in [4.69, 9.17) is 0 Å². The van der Waals surface area contributed by atoms with Gasteiger partial charge in [0.25, 0.3) is 5.91 Å². The molecule has 1 aromatic heterocycles. The van der Waals surface area contributed by atoms with Crippen LogP contribution in [0.2, 0.25) is 0 Å². The first-order chi connectivity index (χ1) is 13.8. The molecule has 1 N–H and O–H groups in total. The van der Waals surface area contributed by atoms with Crippen LogP contribution in [0.5, 0.6) is 0 Å². The number of hydrogen-bond donors (Lipinski definition) is 1. The number of benzene rings is 1. The number of amides is 1. The van der Waals surface area contributed by atoms with Crippen LogP contribution in [-0.4, -0.2) is 31.2 Å². The van der Waals surface area contributed by atoms with E-state index in [9.17, 15) is 18.5 Å². The van der Waals surface area contributed by atoms with Crippen molar-refractivity contribution >= 4 is 32.3 Å². The van der Waals surface area contributed by atoms with Gasteiger partial charge in [-0.3, -0.25) is 4.79 Å². The number of carbonyl (C=O) groups is 1. The molecule has 0 saturated carbocycles. The number of rotatable bonds is 5. The Hall–Kier alpha value is -2.21. The topological polar surface area (TPSA) is 90.3 Å². The molecule has 1 aliphatic rings. The van der Waals surface area contributed by atoms with Crippen LogP contribution in [-0.2, 0) is 10.0 Å². The number of thiophene rings is 1. The van der Waals surface area contributed by atoms with Crippen molar-refractivity contribution in [1.29, 1.82) is 5.26 Å². The van der Waals surface area contributed by atoms with E-state index in [1.54, 1.807) is 4.31 Å². The van der Waals surface area contributed by atoms with Crippen LogP contribution >= 0.6 is 11.3 Å². The standard InChI is InChI=1S/C21H25N3O3S2/c1-4-17-7-5-6-12-24(17)29(26,27)18-10-8-16(9-11-18)20(25)23-21-19(13-22)14(2)15(3)28-21/h8-11,17H,4-7,12H2,1-3H3,(H,23,25). The molecular formula is C21H25N3O3S2. The lowest BCUT2D eigenvalue weighted by molar-refractivity contribution is 0.102. The normalized spacial score (nSPS) is 17.7. The van der Waals surface area contributed by atoms with Crippen molar-refractivity contribution in [2.75, 3.05) is 11.9 Å². The second-order valence-corrected chi connectivity index (χ2v) is 10.4. The van der Waals surface area contributed by atoms with Crippen molar-refractivity contribution in [3.8, 4) is 6.07 Å². The van der Waals surface area contributed by atoms with Gasteiger partial charge in [-0.25, -0.2) is 8.42 Å². The van der Waals surface area contributed by atoms with Gasteiger partial charge in [0.05, 0.1) is 10.5 Å². The first kappa shape index (κ1) is 21.5. The Morgan fingerprint density at radius 2 is 1.97 bits per heavy atom. The first-order valence-corrected chi connectivity index (χ1v) is 12.0. The second-order valence-electron chi connectivity index (χ2n) is 7.25. The highest BCUT2D eigenvalue weighted by molar-refractivity contribution is 7.89. The molecule has 1 fully saturated rings. The van der Waals surface area contributed by atoms with E-state index in [0.29, 0.717) is 22.7 Å². The summed E-state index contributed by atoms with van der Waals surface area (Å²) in [5.74, 6) is -0.365. The molecule has 6 nitrogen and oxygen atoms in total. The van der Waals surface area contributed by atoms with Crippen molar-refractivity contribution < 1.29 is 13.2 Å². The summed E-state index contributed by atoms with van der Waals surface area (Å²) < 4.78 is 27.7. The number of aryl methyl sites for hydroxylation is 1. The van der Waals surface area contributed by atoms with Crippen molar-refractivity contribution in [2.24, 2.45) is 0 Å². The largest absolute Gasteiger partial charge is 0.312 e. The van der Waals surface area contributed by atoms with E-state index in [0.717, 1.165) is 36.1 Å². The summed E-state index contributed by atoms with van der Waals surface area (Å²) in [6.07, 6.45) is 3.60. The molecule has 0 bridgehead atoms.